The molecule has 3 nitrogen and oxygen atoms in total. The van der Waals surface area contributed by atoms with Crippen molar-refractivity contribution in [2.75, 3.05) is 0 Å². The average Bonchev–Trinajstić information content (AvgIpc) is 2.06. The number of thiol groups is 1. The van der Waals surface area contributed by atoms with Crippen molar-refractivity contribution in [3.8, 4) is 5.75 Å². The third kappa shape index (κ3) is 4.01. The normalized spacial score (nSPS) is 11.2. The number of aliphatic carboxylic acids is 1. The van der Waals surface area contributed by atoms with Crippen LogP contribution in [-0.4, -0.2) is 17.4 Å². The molecule has 0 unspecified atom stereocenters. The molecule has 0 fully saturated rings. The molecule has 0 atom stereocenters. The van der Waals surface area contributed by atoms with E-state index in [-0.39, 0.29) is 10.5 Å². The molecule has 0 aliphatic rings. The summed E-state index contributed by atoms with van der Waals surface area (Å²) in [6.07, 6.45) is -5.39. The van der Waals surface area contributed by atoms with E-state index in [1.54, 1.807) is 0 Å². The zero-order valence-corrected chi connectivity index (χ0v) is 8.68. The summed E-state index contributed by atoms with van der Waals surface area (Å²) in [5.74, 6) is -1.78. The largest absolute Gasteiger partial charge is 0.573 e. The highest BCUT2D eigenvalue weighted by molar-refractivity contribution is 7.80. The van der Waals surface area contributed by atoms with E-state index in [2.05, 4.69) is 17.4 Å². The molecule has 1 aromatic carbocycles. The van der Waals surface area contributed by atoms with Crippen LogP contribution in [0.25, 0.3) is 0 Å². The highest BCUT2D eigenvalue weighted by atomic mass is 32.1. The van der Waals surface area contributed by atoms with Crippen LogP contribution in [0.15, 0.2) is 23.1 Å². The molecule has 0 aliphatic carbocycles. The van der Waals surface area contributed by atoms with Gasteiger partial charge in [-0.2, -0.15) is 0 Å². The number of carbonyl (C=O) groups is 1. The first kappa shape index (κ1) is 12.7. The number of rotatable bonds is 3. The van der Waals surface area contributed by atoms with E-state index < -0.39 is 24.5 Å². The lowest BCUT2D eigenvalue weighted by Crippen LogP contribution is -2.18. The number of hydrogen-bond acceptors (Lipinski definition) is 3. The van der Waals surface area contributed by atoms with Crippen LogP contribution in [0.2, 0.25) is 0 Å². The molecule has 88 valence electrons. The summed E-state index contributed by atoms with van der Waals surface area (Å²) in [5, 5.41) is 8.50. The Bertz CT molecular complexity index is 403. The van der Waals surface area contributed by atoms with Gasteiger partial charge in [0.15, 0.2) is 0 Å². The lowest BCUT2D eigenvalue weighted by atomic mass is 10.1. The summed E-state index contributed by atoms with van der Waals surface area (Å²) in [6, 6.07) is 3.65. The van der Waals surface area contributed by atoms with Gasteiger partial charge in [-0.05, 0) is 12.1 Å². The molecular weight excluding hydrogens is 245 g/mol. The number of carboxylic acid groups (broad SMARTS) is 1. The van der Waals surface area contributed by atoms with E-state index in [1.807, 2.05) is 0 Å². The monoisotopic (exact) mass is 252 g/mol. The standard InChI is InChI=1S/C9H7F3O3S/c10-9(11,12)15-7-4-6(16)2-1-5(7)3-8(13)14/h1-2,4,16H,3H2,(H,13,14). The van der Waals surface area contributed by atoms with Crippen LogP contribution in [-0.2, 0) is 11.2 Å². The molecule has 0 saturated carbocycles. The van der Waals surface area contributed by atoms with Gasteiger partial charge < -0.3 is 9.84 Å². The van der Waals surface area contributed by atoms with E-state index in [9.17, 15) is 18.0 Å². The van der Waals surface area contributed by atoms with E-state index in [4.69, 9.17) is 5.11 Å². The van der Waals surface area contributed by atoms with Crippen molar-refractivity contribution in [2.45, 2.75) is 17.7 Å². The van der Waals surface area contributed by atoms with Gasteiger partial charge >= 0.3 is 12.3 Å². The fourth-order valence-electron chi connectivity index (χ4n) is 1.07. The lowest BCUT2D eigenvalue weighted by molar-refractivity contribution is -0.275. The third-order valence-corrected chi connectivity index (χ3v) is 1.90. The summed E-state index contributed by atoms with van der Waals surface area (Å²) in [4.78, 5) is 10.7. The molecule has 1 rings (SSSR count). The van der Waals surface area contributed by atoms with Gasteiger partial charge in [0.25, 0.3) is 0 Å². The number of hydrogen-bond donors (Lipinski definition) is 2. The predicted octanol–water partition coefficient (Wildman–Crippen LogP) is 2.50. The van der Waals surface area contributed by atoms with Crippen LogP contribution in [0.1, 0.15) is 5.56 Å². The molecule has 0 heterocycles. The fraction of sp³-hybridized carbons (Fsp3) is 0.222. The third-order valence-electron chi connectivity index (χ3n) is 1.62. The van der Waals surface area contributed by atoms with Crippen molar-refractivity contribution in [1.29, 1.82) is 0 Å². The second kappa shape index (κ2) is 4.65. The first-order valence-electron chi connectivity index (χ1n) is 4.07. The van der Waals surface area contributed by atoms with Crippen LogP contribution in [0.5, 0.6) is 5.75 Å². The minimum Gasteiger partial charge on any atom is -0.481 e. The van der Waals surface area contributed by atoms with Crippen LogP contribution in [0, 0.1) is 0 Å². The van der Waals surface area contributed by atoms with Gasteiger partial charge in [0.1, 0.15) is 5.75 Å². The van der Waals surface area contributed by atoms with Gasteiger partial charge in [-0.15, -0.1) is 25.8 Å². The van der Waals surface area contributed by atoms with Crippen LogP contribution >= 0.6 is 12.6 Å². The minimum absolute atomic E-state index is 0.0531. The van der Waals surface area contributed by atoms with Crippen LogP contribution in [0.3, 0.4) is 0 Å². The Hall–Kier alpha value is -1.37. The van der Waals surface area contributed by atoms with Gasteiger partial charge in [-0.25, -0.2) is 0 Å². The first-order valence-corrected chi connectivity index (χ1v) is 4.52. The van der Waals surface area contributed by atoms with Gasteiger partial charge in [-0.3, -0.25) is 4.79 Å². The zero-order valence-electron chi connectivity index (χ0n) is 7.78. The van der Waals surface area contributed by atoms with Crippen molar-refractivity contribution in [1.82, 2.24) is 0 Å². The van der Waals surface area contributed by atoms with E-state index in [1.165, 1.54) is 12.1 Å². The van der Waals surface area contributed by atoms with Crippen molar-refractivity contribution < 1.29 is 27.8 Å². The summed E-state index contributed by atoms with van der Waals surface area (Å²) in [5.41, 5.74) is -0.0531. The molecule has 1 N–H and O–H groups in total. The average molecular weight is 252 g/mol. The highest BCUT2D eigenvalue weighted by Crippen LogP contribution is 2.28. The molecule has 16 heavy (non-hydrogen) atoms. The minimum atomic E-state index is -4.85. The molecule has 0 aliphatic heterocycles. The summed E-state index contributed by atoms with van der Waals surface area (Å²) >= 11 is 3.85. The Morgan fingerprint density at radius 3 is 2.56 bits per heavy atom. The first-order chi connectivity index (χ1) is 7.28. The molecule has 0 saturated heterocycles. The Morgan fingerprint density at radius 1 is 1.44 bits per heavy atom. The van der Waals surface area contributed by atoms with Gasteiger partial charge in [-0.1, -0.05) is 6.07 Å². The van der Waals surface area contributed by atoms with Crippen molar-refractivity contribution >= 4 is 18.6 Å². The van der Waals surface area contributed by atoms with E-state index >= 15 is 0 Å². The van der Waals surface area contributed by atoms with Crippen molar-refractivity contribution in [2.24, 2.45) is 0 Å². The number of ether oxygens (including phenoxy) is 1. The highest BCUT2D eigenvalue weighted by Gasteiger charge is 2.32. The number of carboxylic acids is 1. The van der Waals surface area contributed by atoms with Crippen molar-refractivity contribution in [3.63, 3.8) is 0 Å². The van der Waals surface area contributed by atoms with Crippen LogP contribution in [0.4, 0.5) is 13.2 Å². The van der Waals surface area contributed by atoms with Crippen LogP contribution < -0.4 is 4.74 Å². The maximum atomic E-state index is 12.0. The molecule has 0 aromatic heterocycles. The molecule has 0 radical (unpaired) electrons. The smallest absolute Gasteiger partial charge is 0.481 e. The summed E-state index contributed by atoms with van der Waals surface area (Å²) < 4.78 is 39.7. The maximum absolute atomic E-state index is 12.0. The SMILES string of the molecule is O=C(O)Cc1ccc(S)cc1OC(F)(F)F. The van der Waals surface area contributed by atoms with Crippen molar-refractivity contribution in [3.05, 3.63) is 23.8 Å². The number of benzene rings is 1. The maximum Gasteiger partial charge on any atom is 0.573 e. The fourth-order valence-corrected chi connectivity index (χ4v) is 1.26. The molecule has 1 aromatic rings. The predicted molar refractivity (Wildman–Crippen MR) is 51.7 cm³/mol. The second-order valence-corrected chi connectivity index (χ2v) is 3.43. The Labute approximate surface area is 94.2 Å². The summed E-state index contributed by atoms with van der Waals surface area (Å²) in [6.45, 7) is 0. The summed E-state index contributed by atoms with van der Waals surface area (Å²) in [7, 11) is 0. The molecule has 0 amide bonds. The molecule has 0 spiro atoms. The second-order valence-electron chi connectivity index (χ2n) is 2.91. The zero-order chi connectivity index (χ0) is 12.3. The van der Waals surface area contributed by atoms with Gasteiger partial charge in [0, 0.05) is 10.5 Å². The molecule has 7 heteroatoms. The topological polar surface area (TPSA) is 46.5 Å². The van der Waals surface area contributed by atoms with Gasteiger partial charge in [0.05, 0.1) is 6.42 Å². The number of halogens is 3. The Morgan fingerprint density at radius 2 is 2.06 bits per heavy atom. The Balaban J connectivity index is 3.03. The van der Waals surface area contributed by atoms with E-state index in [0.29, 0.717) is 0 Å². The molecule has 0 bridgehead atoms. The lowest BCUT2D eigenvalue weighted by Gasteiger charge is -2.12. The van der Waals surface area contributed by atoms with Gasteiger partial charge in [0.2, 0.25) is 0 Å². The van der Waals surface area contributed by atoms with E-state index in [0.717, 1.165) is 6.07 Å². The Kier molecular flexibility index (Phi) is 3.69. The quantitative estimate of drug-likeness (QED) is 0.812. The number of alkyl halides is 3. The molecular formula is C9H7F3O3S.